The average molecular weight is 395 g/mol. The summed E-state index contributed by atoms with van der Waals surface area (Å²) in [4.78, 5) is 29.2. The predicted molar refractivity (Wildman–Crippen MR) is 113 cm³/mol. The molecule has 3 atom stereocenters. The molecule has 29 heavy (non-hydrogen) atoms. The zero-order valence-electron chi connectivity index (χ0n) is 17.5. The normalized spacial score (nSPS) is 20.0. The minimum Gasteiger partial charge on any atom is -0.466 e. The van der Waals surface area contributed by atoms with E-state index in [1.165, 1.54) is 5.56 Å². The zero-order valence-corrected chi connectivity index (χ0v) is 17.5. The van der Waals surface area contributed by atoms with Crippen molar-refractivity contribution in [2.45, 2.75) is 51.2 Å². The van der Waals surface area contributed by atoms with Crippen molar-refractivity contribution in [2.24, 2.45) is 0 Å². The average Bonchev–Trinajstić information content (AvgIpc) is 2.96. The highest BCUT2D eigenvalue weighted by molar-refractivity contribution is 5.79. The number of carbonyl (C=O) groups is 2. The van der Waals surface area contributed by atoms with Crippen LogP contribution in [0.5, 0.6) is 0 Å². The van der Waals surface area contributed by atoms with Crippen LogP contribution in [-0.4, -0.2) is 47.5 Å². The van der Waals surface area contributed by atoms with Crippen LogP contribution in [0.25, 0.3) is 0 Å². The Kier molecular flexibility index (Phi) is 6.91. The van der Waals surface area contributed by atoms with Crippen molar-refractivity contribution in [1.82, 2.24) is 9.80 Å². The number of carbonyl (C=O) groups excluding carboxylic acids is 2. The standard InChI is InChI=1S/C24H30N2O3/c1-4-29-22(27)17-21(16-15-19-11-7-5-8-12-19)26-23(18(2)25(3)24(26)28)20-13-9-6-10-14-20/h5-14,18,21,23H,4,15-17H2,1-3H3/t18-,21+,23-/m0/s1. The van der Waals surface area contributed by atoms with Crippen molar-refractivity contribution in [3.8, 4) is 0 Å². The van der Waals surface area contributed by atoms with E-state index in [-0.39, 0.29) is 36.5 Å². The topological polar surface area (TPSA) is 49.9 Å². The predicted octanol–water partition coefficient (Wildman–Crippen LogP) is 4.44. The van der Waals surface area contributed by atoms with Gasteiger partial charge in [0, 0.05) is 13.1 Å². The van der Waals surface area contributed by atoms with Gasteiger partial charge in [-0.1, -0.05) is 60.7 Å². The van der Waals surface area contributed by atoms with E-state index >= 15 is 0 Å². The number of aryl methyl sites for hydroxylation is 1. The zero-order chi connectivity index (χ0) is 20.8. The molecule has 1 aliphatic heterocycles. The van der Waals surface area contributed by atoms with E-state index in [2.05, 4.69) is 31.2 Å². The molecule has 1 aliphatic rings. The minimum absolute atomic E-state index is 0.0197. The van der Waals surface area contributed by atoms with Crippen LogP contribution in [0.2, 0.25) is 0 Å². The number of esters is 1. The molecule has 0 aromatic heterocycles. The summed E-state index contributed by atoms with van der Waals surface area (Å²) in [6, 6.07) is 19.9. The van der Waals surface area contributed by atoms with Crippen LogP contribution in [0.15, 0.2) is 60.7 Å². The number of likely N-dealkylation sites (N-methyl/N-ethyl adjacent to an activating group) is 1. The van der Waals surface area contributed by atoms with Gasteiger partial charge in [-0.05, 0) is 37.8 Å². The molecule has 1 heterocycles. The summed E-state index contributed by atoms with van der Waals surface area (Å²) in [6.07, 6.45) is 1.71. The maximum absolute atomic E-state index is 13.2. The number of ether oxygens (including phenoxy) is 1. The smallest absolute Gasteiger partial charge is 0.320 e. The molecule has 3 rings (SSSR count). The molecule has 0 radical (unpaired) electrons. The fourth-order valence-corrected chi connectivity index (χ4v) is 4.12. The van der Waals surface area contributed by atoms with Crippen LogP contribution in [0.3, 0.4) is 0 Å². The second-order valence-electron chi connectivity index (χ2n) is 7.58. The van der Waals surface area contributed by atoms with Gasteiger partial charge in [-0.25, -0.2) is 4.79 Å². The molecule has 5 nitrogen and oxygen atoms in total. The molecule has 0 bridgehead atoms. The van der Waals surface area contributed by atoms with Crippen molar-refractivity contribution in [1.29, 1.82) is 0 Å². The van der Waals surface area contributed by atoms with Crippen molar-refractivity contribution in [3.05, 3.63) is 71.8 Å². The number of nitrogens with zero attached hydrogens (tertiary/aromatic N) is 2. The van der Waals surface area contributed by atoms with E-state index in [4.69, 9.17) is 4.74 Å². The summed E-state index contributed by atoms with van der Waals surface area (Å²) in [5.41, 5.74) is 2.29. The highest BCUT2D eigenvalue weighted by Crippen LogP contribution is 2.37. The fourth-order valence-electron chi connectivity index (χ4n) is 4.12. The van der Waals surface area contributed by atoms with Gasteiger partial charge < -0.3 is 14.5 Å². The Morgan fingerprint density at radius 2 is 1.69 bits per heavy atom. The Morgan fingerprint density at radius 1 is 1.07 bits per heavy atom. The van der Waals surface area contributed by atoms with Gasteiger partial charge in [0.1, 0.15) is 0 Å². The molecule has 1 fully saturated rings. The maximum Gasteiger partial charge on any atom is 0.320 e. The van der Waals surface area contributed by atoms with Crippen LogP contribution in [0.1, 0.15) is 43.9 Å². The van der Waals surface area contributed by atoms with Gasteiger partial charge in [0.25, 0.3) is 0 Å². The lowest BCUT2D eigenvalue weighted by Crippen LogP contribution is -2.41. The number of urea groups is 1. The number of rotatable bonds is 8. The second-order valence-corrected chi connectivity index (χ2v) is 7.58. The van der Waals surface area contributed by atoms with E-state index in [9.17, 15) is 9.59 Å². The summed E-state index contributed by atoms with van der Waals surface area (Å²) in [7, 11) is 1.83. The van der Waals surface area contributed by atoms with Gasteiger partial charge >= 0.3 is 12.0 Å². The van der Waals surface area contributed by atoms with E-state index in [1.54, 1.807) is 11.8 Å². The van der Waals surface area contributed by atoms with Gasteiger partial charge in [0.2, 0.25) is 0 Å². The molecule has 0 saturated carbocycles. The van der Waals surface area contributed by atoms with E-state index in [0.29, 0.717) is 13.0 Å². The molecule has 2 aromatic carbocycles. The van der Waals surface area contributed by atoms with Crippen LogP contribution < -0.4 is 0 Å². The van der Waals surface area contributed by atoms with Gasteiger partial charge in [-0.15, -0.1) is 0 Å². The Morgan fingerprint density at radius 3 is 2.31 bits per heavy atom. The first kappa shape index (κ1) is 20.9. The Hall–Kier alpha value is -2.82. The molecule has 154 valence electrons. The van der Waals surface area contributed by atoms with E-state index < -0.39 is 0 Å². The maximum atomic E-state index is 13.2. The molecule has 1 saturated heterocycles. The molecule has 0 aliphatic carbocycles. The SMILES string of the molecule is CCOC(=O)C[C@@H](CCc1ccccc1)N1C(=O)N(C)[C@@H](C)[C@H]1c1ccccc1. The molecule has 0 unspecified atom stereocenters. The van der Waals surface area contributed by atoms with Crippen LogP contribution in [0.4, 0.5) is 4.79 Å². The lowest BCUT2D eigenvalue weighted by molar-refractivity contribution is -0.144. The van der Waals surface area contributed by atoms with Gasteiger partial charge in [-0.3, -0.25) is 4.79 Å². The highest BCUT2D eigenvalue weighted by atomic mass is 16.5. The number of hydrogen-bond acceptors (Lipinski definition) is 3. The quantitative estimate of drug-likeness (QED) is 0.622. The molecular weight excluding hydrogens is 364 g/mol. The molecule has 5 heteroatoms. The second kappa shape index (κ2) is 9.59. The Labute approximate surface area is 173 Å². The molecule has 2 amide bonds. The number of hydrogen-bond donors (Lipinski definition) is 0. The fraction of sp³-hybridized carbons (Fsp3) is 0.417. The summed E-state index contributed by atoms with van der Waals surface area (Å²) >= 11 is 0. The first-order valence-corrected chi connectivity index (χ1v) is 10.3. The van der Waals surface area contributed by atoms with Crippen LogP contribution >= 0.6 is 0 Å². The highest BCUT2D eigenvalue weighted by Gasteiger charge is 2.45. The first-order valence-electron chi connectivity index (χ1n) is 10.3. The van der Waals surface area contributed by atoms with E-state index in [1.807, 2.05) is 48.3 Å². The van der Waals surface area contributed by atoms with Crippen LogP contribution in [-0.2, 0) is 16.0 Å². The largest absolute Gasteiger partial charge is 0.466 e. The summed E-state index contributed by atoms with van der Waals surface area (Å²) < 4.78 is 5.22. The van der Waals surface area contributed by atoms with Crippen molar-refractivity contribution < 1.29 is 14.3 Å². The summed E-state index contributed by atoms with van der Waals surface area (Å²) in [6.45, 7) is 4.21. The van der Waals surface area contributed by atoms with Gasteiger partial charge in [0.05, 0.1) is 25.1 Å². The van der Waals surface area contributed by atoms with Crippen LogP contribution in [0, 0.1) is 0 Å². The third kappa shape index (κ3) is 4.78. The van der Waals surface area contributed by atoms with Gasteiger partial charge in [-0.2, -0.15) is 0 Å². The van der Waals surface area contributed by atoms with Crippen molar-refractivity contribution in [2.75, 3.05) is 13.7 Å². The van der Waals surface area contributed by atoms with Crippen molar-refractivity contribution >= 4 is 12.0 Å². The lowest BCUT2D eigenvalue weighted by atomic mass is 9.95. The van der Waals surface area contributed by atoms with Crippen molar-refractivity contribution in [3.63, 3.8) is 0 Å². The number of amides is 2. The number of benzene rings is 2. The minimum atomic E-state index is -0.257. The van der Waals surface area contributed by atoms with E-state index in [0.717, 1.165) is 12.0 Å². The lowest BCUT2D eigenvalue weighted by Gasteiger charge is -2.33. The summed E-state index contributed by atoms with van der Waals surface area (Å²) in [5.74, 6) is -0.257. The molecule has 2 aromatic rings. The third-order valence-corrected chi connectivity index (χ3v) is 5.74. The third-order valence-electron chi connectivity index (χ3n) is 5.74. The Balaban J connectivity index is 1.89. The molecule has 0 spiro atoms. The summed E-state index contributed by atoms with van der Waals surface area (Å²) in [5, 5.41) is 0. The first-order chi connectivity index (χ1) is 14.0. The molecule has 0 N–H and O–H groups in total. The Bertz CT molecular complexity index is 809. The monoisotopic (exact) mass is 394 g/mol. The van der Waals surface area contributed by atoms with Gasteiger partial charge in [0.15, 0.2) is 0 Å². The molecular formula is C24H30N2O3.